The maximum absolute atomic E-state index is 10.3. The van der Waals surface area contributed by atoms with E-state index in [9.17, 15) is 5.11 Å². The summed E-state index contributed by atoms with van der Waals surface area (Å²) in [5, 5.41) is 12.0. The highest BCUT2D eigenvalue weighted by atomic mass is 35.5. The maximum atomic E-state index is 10.3. The molecule has 0 unspecified atom stereocenters. The van der Waals surface area contributed by atoms with Gasteiger partial charge in [0.15, 0.2) is 5.82 Å². The van der Waals surface area contributed by atoms with Gasteiger partial charge in [-0.1, -0.05) is 53.7 Å². The highest BCUT2D eigenvalue weighted by Gasteiger charge is 2.21. The van der Waals surface area contributed by atoms with Crippen LogP contribution in [0.2, 0.25) is 5.02 Å². The zero-order valence-corrected chi connectivity index (χ0v) is 18.6. The number of hydrogen-bond donors (Lipinski definition) is 1. The summed E-state index contributed by atoms with van der Waals surface area (Å²) in [4.78, 5) is 10.5. The first kappa shape index (κ1) is 20.7. The summed E-state index contributed by atoms with van der Waals surface area (Å²) in [5.41, 5.74) is 2.65. The van der Waals surface area contributed by atoms with E-state index in [1.807, 2.05) is 73.8 Å². The molecule has 4 aromatic rings. The Morgan fingerprint density at radius 2 is 1.67 bits per heavy atom. The van der Waals surface area contributed by atoms with Crippen molar-refractivity contribution in [3.8, 4) is 22.8 Å². The normalized spacial score (nSPS) is 11.6. The Bertz CT molecular complexity index is 1150. The molecule has 2 aromatic heterocycles. The van der Waals surface area contributed by atoms with Crippen molar-refractivity contribution in [1.82, 2.24) is 14.5 Å². The van der Waals surface area contributed by atoms with E-state index in [0.717, 1.165) is 38.3 Å². The predicted molar refractivity (Wildman–Crippen MR) is 123 cm³/mol. The predicted octanol–water partition coefficient (Wildman–Crippen LogP) is 6.18. The number of aliphatic hydroxyl groups is 1. The van der Waals surface area contributed by atoms with Crippen LogP contribution in [0.25, 0.3) is 22.8 Å². The van der Waals surface area contributed by atoms with Crippen molar-refractivity contribution < 1.29 is 5.11 Å². The third-order valence-electron chi connectivity index (χ3n) is 4.83. The van der Waals surface area contributed by atoms with Crippen molar-refractivity contribution in [2.75, 3.05) is 0 Å². The van der Waals surface area contributed by atoms with Crippen LogP contribution in [0.4, 0.5) is 0 Å². The lowest BCUT2D eigenvalue weighted by Gasteiger charge is -2.17. The number of pyridine rings is 1. The zero-order valence-electron chi connectivity index (χ0n) is 17.0. The van der Waals surface area contributed by atoms with Gasteiger partial charge in [-0.25, -0.2) is 4.98 Å². The average Bonchev–Trinajstić information content (AvgIpc) is 3.06. The van der Waals surface area contributed by atoms with E-state index in [4.69, 9.17) is 16.6 Å². The second kappa shape index (κ2) is 8.26. The van der Waals surface area contributed by atoms with Crippen LogP contribution in [-0.4, -0.2) is 19.6 Å². The van der Waals surface area contributed by atoms with Crippen LogP contribution in [0.15, 0.2) is 82.8 Å². The minimum absolute atomic E-state index is 0.709. The molecule has 0 fully saturated rings. The van der Waals surface area contributed by atoms with E-state index < -0.39 is 5.60 Å². The van der Waals surface area contributed by atoms with Gasteiger partial charge in [-0.2, -0.15) is 0 Å². The molecule has 6 heteroatoms. The lowest BCUT2D eigenvalue weighted by Crippen LogP contribution is -2.14. The molecule has 0 aliphatic rings. The largest absolute Gasteiger partial charge is 0.386 e. The van der Waals surface area contributed by atoms with Gasteiger partial charge in [0, 0.05) is 28.7 Å². The summed E-state index contributed by atoms with van der Waals surface area (Å²) >= 11 is 7.69. The first-order chi connectivity index (χ1) is 14.3. The number of hydrogen-bond acceptors (Lipinski definition) is 4. The van der Waals surface area contributed by atoms with Gasteiger partial charge in [-0.3, -0.25) is 4.98 Å². The molecule has 2 aromatic carbocycles. The molecule has 0 atom stereocenters. The highest BCUT2D eigenvalue weighted by Crippen LogP contribution is 2.39. The third kappa shape index (κ3) is 4.29. The smallest absolute Gasteiger partial charge is 0.159 e. The Morgan fingerprint density at radius 3 is 2.27 bits per heavy atom. The Morgan fingerprint density at radius 1 is 0.967 bits per heavy atom. The molecule has 2 heterocycles. The number of halogens is 1. The van der Waals surface area contributed by atoms with Gasteiger partial charge in [-0.15, -0.1) is 0 Å². The number of benzene rings is 2. The first-order valence-corrected chi connectivity index (χ1v) is 10.8. The van der Waals surface area contributed by atoms with E-state index in [-0.39, 0.29) is 0 Å². The highest BCUT2D eigenvalue weighted by molar-refractivity contribution is 7.99. The molecular formula is C24H22ClN3OS. The Hall–Kier alpha value is -2.60. The number of imidazole rings is 1. The summed E-state index contributed by atoms with van der Waals surface area (Å²) in [7, 11) is 2.00. The summed E-state index contributed by atoms with van der Waals surface area (Å²) in [6.45, 7) is 3.56. The van der Waals surface area contributed by atoms with Crippen molar-refractivity contribution >= 4 is 23.4 Å². The molecule has 0 saturated carbocycles. The molecule has 0 spiro atoms. The summed E-state index contributed by atoms with van der Waals surface area (Å²) < 4.78 is 2.07. The van der Waals surface area contributed by atoms with Gasteiger partial charge in [-0.05, 0) is 55.8 Å². The van der Waals surface area contributed by atoms with Gasteiger partial charge in [0.25, 0.3) is 0 Å². The molecule has 1 N–H and O–H groups in total. The van der Waals surface area contributed by atoms with Gasteiger partial charge >= 0.3 is 0 Å². The van der Waals surface area contributed by atoms with Crippen molar-refractivity contribution in [3.63, 3.8) is 0 Å². The van der Waals surface area contributed by atoms with Crippen LogP contribution in [0.1, 0.15) is 19.4 Å². The molecule has 4 nitrogen and oxygen atoms in total. The Balaban J connectivity index is 1.82. The lowest BCUT2D eigenvalue weighted by molar-refractivity contribution is 0.0786. The standard InChI is InChI=1S/C24H22ClN3OS/c1-24(2,29)17-9-7-16(8-10-17)21-23(30-19-13-11-18(25)12-14-19)28(3)22(27-21)20-6-4-5-15-26-20/h4-15,29H,1-3H3. The minimum Gasteiger partial charge on any atom is -0.386 e. The van der Waals surface area contributed by atoms with E-state index in [1.54, 1.807) is 31.8 Å². The Labute approximate surface area is 185 Å². The molecule has 0 saturated heterocycles. The van der Waals surface area contributed by atoms with Crippen LogP contribution in [0.5, 0.6) is 0 Å². The monoisotopic (exact) mass is 435 g/mol. The molecule has 0 aliphatic heterocycles. The zero-order chi connectivity index (χ0) is 21.3. The van der Waals surface area contributed by atoms with Gasteiger partial charge in [0.2, 0.25) is 0 Å². The quantitative estimate of drug-likeness (QED) is 0.406. The van der Waals surface area contributed by atoms with Crippen molar-refractivity contribution in [3.05, 3.63) is 83.5 Å². The third-order valence-corrected chi connectivity index (χ3v) is 6.25. The molecule has 30 heavy (non-hydrogen) atoms. The second-order valence-corrected chi connectivity index (χ2v) is 9.05. The molecular weight excluding hydrogens is 414 g/mol. The first-order valence-electron chi connectivity index (χ1n) is 9.58. The van der Waals surface area contributed by atoms with Crippen molar-refractivity contribution in [2.45, 2.75) is 29.4 Å². The molecule has 0 aliphatic carbocycles. The van der Waals surface area contributed by atoms with Gasteiger partial charge < -0.3 is 9.67 Å². The topological polar surface area (TPSA) is 50.9 Å². The molecule has 4 rings (SSSR count). The number of nitrogens with zero attached hydrogens (tertiary/aromatic N) is 3. The fraction of sp³-hybridized carbons (Fsp3) is 0.167. The van der Waals surface area contributed by atoms with Crippen LogP contribution in [0.3, 0.4) is 0 Å². The van der Waals surface area contributed by atoms with E-state index in [0.29, 0.717) is 5.02 Å². The van der Waals surface area contributed by atoms with Crippen molar-refractivity contribution in [2.24, 2.45) is 7.05 Å². The molecule has 152 valence electrons. The van der Waals surface area contributed by atoms with Crippen LogP contribution in [-0.2, 0) is 12.6 Å². The Kier molecular flexibility index (Phi) is 5.69. The lowest BCUT2D eigenvalue weighted by atomic mass is 9.97. The summed E-state index contributed by atoms with van der Waals surface area (Å²) in [6, 6.07) is 21.5. The molecule has 0 amide bonds. The average molecular weight is 436 g/mol. The molecule has 0 radical (unpaired) electrons. The van der Waals surface area contributed by atoms with Crippen LogP contribution < -0.4 is 0 Å². The fourth-order valence-corrected chi connectivity index (χ4v) is 4.27. The maximum Gasteiger partial charge on any atom is 0.159 e. The number of aromatic nitrogens is 3. The van der Waals surface area contributed by atoms with E-state index in [1.165, 1.54) is 0 Å². The minimum atomic E-state index is -0.886. The van der Waals surface area contributed by atoms with Crippen molar-refractivity contribution in [1.29, 1.82) is 0 Å². The molecule has 0 bridgehead atoms. The van der Waals surface area contributed by atoms with Crippen LogP contribution >= 0.6 is 23.4 Å². The SMILES string of the molecule is Cn1c(-c2ccccn2)nc(-c2ccc(C(C)(C)O)cc2)c1Sc1ccc(Cl)cc1. The van der Waals surface area contributed by atoms with E-state index in [2.05, 4.69) is 9.55 Å². The van der Waals surface area contributed by atoms with Crippen LogP contribution in [0, 0.1) is 0 Å². The summed E-state index contributed by atoms with van der Waals surface area (Å²) in [5.74, 6) is 0.800. The fourth-order valence-electron chi connectivity index (χ4n) is 3.16. The summed E-state index contributed by atoms with van der Waals surface area (Å²) in [6.07, 6.45) is 1.77. The second-order valence-electron chi connectivity index (χ2n) is 7.56. The van der Waals surface area contributed by atoms with E-state index >= 15 is 0 Å². The number of rotatable bonds is 5. The van der Waals surface area contributed by atoms with Gasteiger partial charge in [0.05, 0.1) is 5.60 Å². The van der Waals surface area contributed by atoms with Gasteiger partial charge in [0.1, 0.15) is 16.4 Å².